The summed E-state index contributed by atoms with van der Waals surface area (Å²) >= 11 is 6.49. The van der Waals surface area contributed by atoms with Crippen molar-refractivity contribution in [2.45, 2.75) is 211 Å². The molecule has 0 fully saturated rings. The number of fused-ring (bicyclic) bond motifs is 3. The highest BCUT2D eigenvalue weighted by Gasteiger charge is 2.24. The molecule has 5 aromatic heterocycles. The maximum absolute atomic E-state index is 12.5. The summed E-state index contributed by atoms with van der Waals surface area (Å²) in [5.74, 6) is -3.82. The predicted octanol–water partition coefficient (Wildman–Crippen LogP) is 17.0. The number of carbonyl (C=O) groups is 3. The summed E-state index contributed by atoms with van der Waals surface area (Å²) in [5.41, 5.74) is 20.9. The van der Waals surface area contributed by atoms with Gasteiger partial charge in [0.05, 0.1) is 19.1 Å². The maximum Gasteiger partial charge on any atom is 0.488 e. The first-order chi connectivity index (χ1) is 59.4. The second-order valence-corrected chi connectivity index (χ2v) is 33.0. The molecule has 30 heteroatoms. The number of hydrogen-bond acceptors (Lipinski definition) is 17. The number of unbranched alkanes of at least 4 members (excludes halogenated alkanes) is 4. The van der Waals surface area contributed by atoms with E-state index in [-0.39, 0.29) is 19.6 Å². The Hall–Kier alpha value is -8.17. The summed E-state index contributed by atoms with van der Waals surface area (Å²) in [4.78, 5) is 63.7. The normalized spacial score (nSPS) is 13.5. The summed E-state index contributed by atoms with van der Waals surface area (Å²) in [7, 11) is -1.34. The van der Waals surface area contributed by atoms with Gasteiger partial charge in [-0.05, 0) is 304 Å². The Bertz CT molecular complexity index is 4250. The van der Waals surface area contributed by atoms with Crippen LogP contribution in [0.25, 0.3) is 11.1 Å². The lowest BCUT2D eigenvalue weighted by molar-refractivity contribution is -0.142. The number of rotatable bonds is 48. The van der Waals surface area contributed by atoms with Crippen LogP contribution in [0.15, 0.2) is 167 Å². The lowest BCUT2D eigenvalue weighted by Gasteiger charge is -2.25. The fraction of sp³-hybridized carbons (Fsp3) is 0.505. The van der Waals surface area contributed by atoms with Crippen molar-refractivity contribution in [1.82, 2.24) is 39.6 Å². The summed E-state index contributed by atoms with van der Waals surface area (Å²) in [6, 6.07) is 44.1. The third kappa shape index (κ3) is 42.6. The molecule has 8 N–H and O–H groups in total. The Kier molecular flexibility index (Phi) is 48.8. The largest absolute Gasteiger partial charge is 0.488 e. The second kappa shape index (κ2) is 58.9. The molecule has 3 atom stereocenters. The molecule has 0 amide bonds. The van der Waals surface area contributed by atoms with Gasteiger partial charge in [-0.1, -0.05) is 101 Å². The number of hydrogen-bond donors (Lipinski definition) is 7. The van der Waals surface area contributed by atoms with E-state index in [1.807, 2.05) is 72.8 Å². The molecule has 5 heterocycles. The number of carboxylic acid groups (broad SMARTS) is 3. The van der Waals surface area contributed by atoms with E-state index in [9.17, 15) is 55.3 Å². The first-order valence-electron chi connectivity index (χ1n) is 43.2. The molecule has 3 aliphatic carbocycles. The van der Waals surface area contributed by atoms with Crippen molar-refractivity contribution in [2.75, 3.05) is 90.6 Å². The number of halogens is 9. The average Bonchev–Trinajstić information content (AvgIpc) is 0.852. The number of aromatic nitrogens is 5. The number of benzene rings is 3. The lowest BCUT2D eigenvalue weighted by Crippen LogP contribution is -2.37. The number of aliphatic carboxylic acids is 3. The molecule has 0 unspecified atom stereocenters. The van der Waals surface area contributed by atoms with Crippen LogP contribution in [0.1, 0.15) is 172 Å². The van der Waals surface area contributed by atoms with Crippen molar-refractivity contribution in [3.8, 4) is 11.1 Å². The standard InChI is InChI=1S/C33H41F2N3O3.C27H36BrF2N3O3.C22H35F2N3O2.C6H7BO2.C5H3BrFN/c34-32(35)24-41-21-20-38(18-7-6-11-29-15-13-26-10-4-5-12-31(26)37-29)19-17-27(33(39)40)22-30-16-14-28(23-36-30)25-8-2-1-3-9-25;28-21-9-12-23(13-10-21)32-25(27(34)35)14-16-33(17-18-36-19-26(29)30)15-4-3-6-22-11-8-20-5-1-2-7-24(20)31-22;23-21(24)10-4-6-15-27(16-13-19(25)22(28)29)14-5-3-8-18-12-11-17-7-1-2-9-20(17)26-18;8-7(9)6-4-2-1-3-5-6;6-4-1-2-5(7)8-3-4/h1-3,8-9,13-16,23,27,32H,4-7,10-12,17-22,24H2,(H,39,40);8-13,25-26,32H,1-7,14-19H2,(H,34,35);11-12,19,21H,1-10,13-16,25H2,(H,28,29);1-5,8-9H;1-3H/t27-;25-;19-;;/m100../s1. The minimum Gasteiger partial charge on any atom is -0.481 e. The number of nitrogens with two attached hydrogens (primary N) is 1. The van der Waals surface area contributed by atoms with Crippen LogP contribution >= 0.6 is 31.9 Å². The van der Waals surface area contributed by atoms with Gasteiger partial charge in [0, 0.05) is 111 Å². The Morgan fingerprint density at radius 1 is 0.439 bits per heavy atom. The number of carboxylic acids is 3. The van der Waals surface area contributed by atoms with Gasteiger partial charge in [-0.3, -0.25) is 29.5 Å². The Morgan fingerprint density at radius 3 is 1.30 bits per heavy atom. The van der Waals surface area contributed by atoms with Crippen molar-refractivity contribution >= 4 is 68.0 Å². The minimum absolute atomic E-state index is 0.0769. The van der Waals surface area contributed by atoms with E-state index in [4.69, 9.17) is 45.3 Å². The molecule has 11 rings (SSSR count). The molecule has 123 heavy (non-hydrogen) atoms. The Morgan fingerprint density at radius 2 is 0.886 bits per heavy atom. The minimum atomic E-state index is -2.50. The molecule has 3 aromatic carbocycles. The quantitative estimate of drug-likeness (QED) is 0.00807. The van der Waals surface area contributed by atoms with E-state index >= 15 is 0 Å². The summed E-state index contributed by atoms with van der Waals surface area (Å²) in [6.07, 6.45) is 21.0. The monoisotopic (exact) mass is 1840 g/mol. The SMILES string of the molecule is Fc1ccc(Br)cn1.N[C@@H](CCN(CCCCc1ccc2c(n1)CCCC2)CCCCC(F)F)C(=O)O.O=C(O)[C@H](CCN(CCCCc1ccc2c(n1)CCCC2)CCOCC(F)F)Cc1ccc(-c2ccccc2)cn1.O=C(O)[C@H](CCN(CCCCc1ccc2c(n1)CCCC2)CCOCC(F)F)Nc1ccc(Br)cc1.OB(O)c1ccccc1. The van der Waals surface area contributed by atoms with Crippen LogP contribution in [0.2, 0.25) is 0 Å². The molecular weight excluding hydrogens is 1720 g/mol. The molecule has 0 saturated carbocycles. The van der Waals surface area contributed by atoms with Crippen LogP contribution in [-0.2, 0) is 88.1 Å². The third-order valence-corrected chi connectivity index (χ3v) is 22.5. The van der Waals surface area contributed by atoms with Crippen molar-refractivity contribution in [3.05, 3.63) is 229 Å². The van der Waals surface area contributed by atoms with Crippen molar-refractivity contribution in [2.24, 2.45) is 11.7 Å². The molecule has 0 aliphatic heterocycles. The molecule has 0 spiro atoms. The van der Waals surface area contributed by atoms with Gasteiger partial charge in [0.15, 0.2) is 0 Å². The number of nitrogens with zero attached hydrogens (tertiary/aromatic N) is 8. The van der Waals surface area contributed by atoms with Gasteiger partial charge in [0.1, 0.15) is 25.3 Å². The first kappa shape index (κ1) is 102. The third-order valence-electron chi connectivity index (χ3n) is 21.5. The number of nitrogens with one attached hydrogen (secondary N) is 1. The molecule has 0 saturated heterocycles. The first-order valence-corrected chi connectivity index (χ1v) is 44.8. The zero-order valence-corrected chi connectivity index (χ0v) is 73.5. The van der Waals surface area contributed by atoms with Gasteiger partial charge >= 0.3 is 25.0 Å². The molecule has 670 valence electrons. The van der Waals surface area contributed by atoms with Gasteiger partial charge in [0.25, 0.3) is 12.9 Å². The van der Waals surface area contributed by atoms with Crippen molar-refractivity contribution < 1.29 is 80.0 Å². The molecule has 20 nitrogen and oxygen atoms in total. The zero-order valence-electron chi connectivity index (χ0n) is 70.4. The van der Waals surface area contributed by atoms with Crippen LogP contribution in [-0.4, -0.2) is 207 Å². The summed E-state index contributed by atoms with van der Waals surface area (Å²) in [5, 5.41) is 48.8. The fourth-order valence-electron chi connectivity index (χ4n) is 14.6. The molecule has 3 aliphatic rings. The van der Waals surface area contributed by atoms with Crippen LogP contribution in [0, 0.1) is 11.9 Å². The van der Waals surface area contributed by atoms with Gasteiger partial charge in [0.2, 0.25) is 12.4 Å². The van der Waals surface area contributed by atoms with E-state index in [0.717, 1.165) is 164 Å². The van der Waals surface area contributed by atoms with Gasteiger partial charge in [-0.2, -0.15) is 4.39 Å². The van der Waals surface area contributed by atoms with Gasteiger partial charge in [-0.25, -0.2) is 36.1 Å². The van der Waals surface area contributed by atoms with Crippen LogP contribution in [0.5, 0.6) is 0 Å². The molecule has 0 radical (unpaired) electrons. The topological polar surface area (TPSA) is 283 Å². The van der Waals surface area contributed by atoms with E-state index < -0.39 is 81.5 Å². The van der Waals surface area contributed by atoms with Crippen LogP contribution in [0.4, 0.5) is 36.4 Å². The van der Waals surface area contributed by atoms with Gasteiger partial charge < -0.3 is 60.6 Å². The average molecular weight is 1840 g/mol. The van der Waals surface area contributed by atoms with Crippen LogP contribution < -0.4 is 16.5 Å². The predicted molar refractivity (Wildman–Crippen MR) is 476 cm³/mol. The van der Waals surface area contributed by atoms with E-state index in [1.165, 1.54) is 84.6 Å². The van der Waals surface area contributed by atoms with E-state index in [1.54, 1.807) is 36.5 Å². The number of pyridine rings is 5. The second-order valence-electron chi connectivity index (χ2n) is 31.1. The van der Waals surface area contributed by atoms with Crippen molar-refractivity contribution in [1.29, 1.82) is 0 Å². The Labute approximate surface area is 737 Å². The molecular formula is C93H122BBr2F7N10O10. The number of alkyl halides is 6. The smallest absolute Gasteiger partial charge is 0.481 e. The molecule has 0 bridgehead atoms. The highest BCUT2D eigenvalue weighted by atomic mass is 79.9. The highest BCUT2D eigenvalue weighted by Crippen LogP contribution is 2.26. The molecule has 8 aromatic rings. The number of anilines is 1. The van der Waals surface area contributed by atoms with Crippen molar-refractivity contribution in [3.63, 3.8) is 0 Å². The Balaban J connectivity index is 0.000000232. The lowest BCUT2D eigenvalue weighted by atomic mass is 9.81. The highest BCUT2D eigenvalue weighted by molar-refractivity contribution is 9.10. The number of ether oxygens (including phenoxy) is 2. The van der Waals surface area contributed by atoms with Gasteiger partial charge in [-0.15, -0.1) is 0 Å². The summed E-state index contributed by atoms with van der Waals surface area (Å²) < 4.78 is 98.4. The van der Waals surface area contributed by atoms with Crippen LogP contribution in [0.3, 0.4) is 0 Å². The number of aryl methyl sites for hydroxylation is 9. The summed E-state index contributed by atoms with van der Waals surface area (Å²) in [6.45, 7) is 4.86. The van der Waals surface area contributed by atoms with E-state index in [2.05, 4.69) is 98.2 Å². The fourth-order valence-corrected chi connectivity index (χ4v) is 15.1. The van der Waals surface area contributed by atoms with E-state index in [0.29, 0.717) is 83.3 Å². The maximum atomic E-state index is 12.5. The zero-order chi connectivity index (χ0) is 88.4.